The van der Waals surface area contributed by atoms with Gasteiger partial charge in [-0.15, -0.1) is 0 Å². The first-order valence-electron chi connectivity index (χ1n) is 6.70. The quantitative estimate of drug-likeness (QED) is 0.800. The molecule has 7 heteroatoms. The lowest BCUT2D eigenvalue weighted by atomic mass is 9.82. The molecular weight excluding hydrogens is 299 g/mol. The molecule has 0 bridgehead atoms. The fourth-order valence-electron chi connectivity index (χ4n) is 2.51. The van der Waals surface area contributed by atoms with Crippen LogP contribution in [0.2, 0.25) is 5.02 Å². The number of hydrogen-bond donors (Lipinski definition) is 3. The highest BCUT2D eigenvalue weighted by molar-refractivity contribution is 6.30. The molecule has 2 amide bonds. The maximum atomic E-state index is 13.6. The van der Waals surface area contributed by atoms with E-state index in [1.807, 2.05) is 0 Å². The summed E-state index contributed by atoms with van der Waals surface area (Å²) >= 11 is 5.63. The summed E-state index contributed by atoms with van der Waals surface area (Å²) in [6.45, 7) is 0. The molecule has 1 aliphatic carbocycles. The third-order valence-corrected chi connectivity index (χ3v) is 3.88. The van der Waals surface area contributed by atoms with Crippen molar-refractivity contribution in [3.05, 3.63) is 29.0 Å². The van der Waals surface area contributed by atoms with Crippen molar-refractivity contribution in [2.24, 2.45) is 0 Å². The summed E-state index contributed by atoms with van der Waals surface area (Å²) in [5.41, 5.74) is -1.32. The summed E-state index contributed by atoms with van der Waals surface area (Å²) < 4.78 is 13.6. The van der Waals surface area contributed by atoms with Gasteiger partial charge in [-0.1, -0.05) is 30.9 Å². The van der Waals surface area contributed by atoms with Crippen LogP contribution in [0.15, 0.2) is 18.2 Å². The number of anilines is 1. The number of carboxylic acid groups (broad SMARTS) is 1. The molecule has 1 aromatic rings. The van der Waals surface area contributed by atoms with E-state index in [1.54, 1.807) is 0 Å². The molecular formula is C14H16ClFN2O3. The number of amides is 2. The summed E-state index contributed by atoms with van der Waals surface area (Å²) in [6.07, 6.45) is 3.17. The second-order valence-electron chi connectivity index (χ2n) is 5.15. The largest absolute Gasteiger partial charge is 0.480 e. The third-order valence-electron chi connectivity index (χ3n) is 3.65. The first-order chi connectivity index (χ1) is 9.93. The molecule has 0 unspecified atom stereocenters. The Bertz CT molecular complexity index is 559. The first kappa shape index (κ1) is 15.6. The van der Waals surface area contributed by atoms with Crippen molar-refractivity contribution in [2.75, 3.05) is 5.32 Å². The summed E-state index contributed by atoms with van der Waals surface area (Å²) in [6, 6.07) is 3.10. The number of carbonyl (C=O) groups is 2. The van der Waals surface area contributed by atoms with Crippen LogP contribution in [0.5, 0.6) is 0 Å². The Hall–Kier alpha value is -1.82. The van der Waals surface area contributed by atoms with Crippen molar-refractivity contribution in [1.29, 1.82) is 0 Å². The maximum absolute atomic E-state index is 13.6. The first-order valence-corrected chi connectivity index (χ1v) is 7.08. The minimum atomic E-state index is -1.27. The lowest BCUT2D eigenvalue weighted by Gasteiger charge is -2.33. The van der Waals surface area contributed by atoms with E-state index in [-0.39, 0.29) is 10.7 Å². The fraction of sp³-hybridized carbons (Fsp3) is 0.429. The van der Waals surface area contributed by atoms with Crippen LogP contribution < -0.4 is 10.6 Å². The Labute approximate surface area is 126 Å². The Balaban J connectivity index is 2.07. The van der Waals surface area contributed by atoms with Crippen LogP contribution in [0.1, 0.15) is 32.1 Å². The van der Waals surface area contributed by atoms with Crippen LogP contribution in [0.4, 0.5) is 14.9 Å². The van der Waals surface area contributed by atoms with E-state index in [1.165, 1.54) is 12.1 Å². The van der Waals surface area contributed by atoms with Gasteiger partial charge in [0.05, 0.1) is 5.69 Å². The van der Waals surface area contributed by atoms with Crippen molar-refractivity contribution < 1.29 is 19.1 Å². The minimum Gasteiger partial charge on any atom is -0.480 e. The maximum Gasteiger partial charge on any atom is 0.329 e. The molecule has 1 fully saturated rings. The Morgan fingerprint density at radius 1 is 1.24 bits per heavy atom. The molecule has 0 spiro atoms. The normalized spacial score (nSPS) is 17.0. The number of carboxylic acids is 1. The number of halogens is 2. The number of benzene rings is 1. The smallest absolute Gasteiger partial charge is 0.329 e. The van der Waals surface area contributed by atoms with Gasteiger partial charge in [0.25, 0.3) is 0 Å². The van der Waals surface area contributed by atoms with Gasteiger partial charge in [0.15, 0.2) is 0 Å². The van der Waals surface area contributed by atoms with Gasteiger partial charge in [0.2, 0.25) is 0 Å². The minimum absolute atomic E-state index is 0.0479. The van der Waals surface area contributed by atoms with Gasteiger partial charge in [0.1, 0.15) is 11.4 Å². The van der Waals surface area contributed by atoms with E-state index < -0.39 is 23.4 Å². The molecule has 114 valence electrons. The number of aliphatic carboxylic acids is 1. The van der Waals surface area contributed by atoms with Crippen molar-refractivity contribution in [2.45, 2.75) is 37.6 Å². The molecule has 3 N–H and O–H groups in total. The van der Waals surface area contributed by atoms with E-state index in [0.29, 0.717) is 12.8 Å². The highest BCUT2D eigenvalue weighted by Gasteiger charge is 2.41. The second kappa shape index (κ2) is 6.30. The number of carbonyl (C=O) groups excluding carboxylic acids is 1. The molecule has 21 heavy (non-hydrogen) atoms. The molecule has 1 aliphatic rings. The standard InChI is InChI=1S/C14H16ClFN2O3/c15-9-4-5-11(10(16)8-9)17-13(21)18-14(12(19)20)6-2-1-3-7-14/h4-5,8H,1-3,6-7H2,(H,19,20)(H2,17,18,21). The average molecular weight is 315 g/mol. The number of hydrogen-bond acceptors (Lipinski definition) is 2. The van der Waals surface area contributed by atoms with E-state index in [2.05, 4.69) is 10.6 Å². The number of rotatable bonds is 3. The van der Waals surface area contributed by atoms with E-state index >= 15 is 0 Å². The molecule has 0 radical (unpaired) electrons. The molecule has 1 saturated carbocycles. The van der Waals surface area contributed by atoms with E-state index in [4.69, 9.17) is 11.6 Å². The predicted molar refractivity (Wildman–Crippen MR) is 77.0 cm³/mol. The van der Waals surface area contributed by atoms with Crippen molar-refractivity contribution >= 4 is 29.3 Å². The zero-order chi connectivity index (χ0) is 15.5. The molecule has 2 rings (SSSR count). The lowest BCUT2D eigenvalue weighted by Crippen LogP contribution is -2.56. The van der Waals surface area contributed by atoms with Crippen LogP contribution in [0.3, 0.4) is 0 Å². The molecule has 5 nitrogen and oxygen atoms in total. The predicted octanol–water partition coefficient (Wildman–Crippen LogP) is 3.39. The number of urea groups is 1. The highest BCUT2D eigenvalue weighted by Crippen LogP contribution is 2.28. The second-order valence-corrected chi connectivity index (χ2v) is 5.59. The molecule has 0 atom stereocenters. The van der Waals surface area contributed by atoms with E-state index in [9.17, 15) is 19.1 Å². The zero-order valence-electron chi connectivity index (χ0n) is 11.3. The fourth-order valence-corrected chi connectivity index (χ4v) is 2.67. The Kier molecular flexibility index (Phi) is 4.67. The monoisotopic (exact) mass is 314 g/mol. The molecule has 0 heterocycles. The van der Waals surface area contributed by atoms with Gasteiger partial charge in [-0.05, 0) is 31.0 Å². The topological polar surface area (TPSA) is 78.4 Å². The summed E-state index contributed by atoms with van der Waals surface area (Å²) in [7, 11) is 0. The Morgan fingerprint density at radius 3 is 2.48 bits per heavy atom. The molecule has 0 aromatic heterocycles. The number of nitrogens with one attached hydrogen (secondary N) is 2. The Morgan fingerprint density at radius 2 is 1.90 bits per heavy atom. The molecule has 0 aliphatic heterocycles. The van der Waals surface area contributed by atoms with E-state index in [0.717, 1.165) is 25.3 Å². The van der Waals surface area contributed by atoms with Gasteiger partial charge in [-0.2, -0.15) is 0 Å². The van der Waals surface area contributed by atoms with Crippen LogP contribution in [-0.4, -0.2) is 22.6 Å². The van der Waals surface area contributed by atoms with Crippen LogP contribution in [0.25, 0.3) is 0 Å². The lowest BCUT2D eigenvalue weighted by molar-refractivity contribution is -0.145. The van der Waals surface area contributed by atoms with Gasteiger partial charge < -0.3 is 15.7 Å². The summed E-state index contributed by atoms with van der Waals surface area (Å²) in [4.78, 5) is 23.4. The summed E-state index contributed by atoms with van der Waals surface area (Å²) in [5, 5.41) is 14.4. The summed E-state index contributed by atoms with van der Waals surface area (Å²) in [5.74, 6) is -1.74. The molecule has 1 aromatic carbocycles. The van der Waals surface area contributed by atoms with Gasteiger partial charge in [-0.3, -0.25) is 0 Å². The van der Waals surface area contributed by atoms with Gasteiger partial charge >= 0.3 is 12.0 Å². The van der Waals surface area contributed by atoms with Crippen LogP contribution in [-0.2, 0) is 4.79 Å². The van der Waals surface area contributed by atoms with Crippen molar-refractivity contribution in [3.63, 3.8) is 0 Å². The van der Waals surface area contributed by atoms with Crippen molar-refractivity contribution in [3.8, 4) is 0 Å². The van der Waals surface area contributed by atoms with Gasteiger partial charge in [-0.25, -0.2) is 14.0 Å². The highest BCUT2D eigenvalue weighted by atomic mass is 35.5. The van der Waals surface area contributed by atoms with Gasteiger partial charge in [0, 0.05) is 5.02 Å². The zero-order valence-corrected chi connectivity index (χ0v) is 12.0. The van der Waals surface area contributed by atoms with Crippen LogP contribution in [0, 0.1) is 5.82 Å². The third kappa shape index (κ3) is 3.64. The van der Waals surface area contributed by atoms with Crippen LogP contribution >= 0.6 is 11.6 Å². The SMILES string of the molecule is O=C(Nc1ccc(Cl)cc1F)NC1(C(=O)O)CCCCC1. The average Bonchev–Trinajstić information content (AvgIpc) is 2.43. The molecule has 0 saturated heterocycles. The van der Waals surface area contributed by atoms with Crippen molar-refractivity contribution in [1.82, 2.24) is 5.32 Å².